The normalized spacial score (nSPS) is 10.6. The van der Waals surface area contributed by atoms with Crippen molar-refractivity contribution in [1.29, 1.82) is 0 Å². The summed E-state index contributed by atoms with van der Waals surface area (Å²) in [6, 6.07) is 19.6. The van der Waals surface area contributed by atoms with Crippen LogP contribution in [0.1, 0.15) is 21.5 Å². The zero-order valence-electron chi connectivity index (χ0n) is 17.6. The third-order valence-corrected chi connectivity index (χ3v) is 4.61. The van der Waals surface area contributed by atoms with Crippen molar-refractivity contribution in [1.82, 2.24) is 5.43 Å². The van der Waals surface area contributed by atoms with Crippen molar-refractivity contribution < 1.29 is 19.0 Å². The molecule has 0 saturated heterocycles. The highest BCUT2D eigenvalue weighted by Crippen LogP contribution is 2.28. The molecule has 0 aliphatic rings. The van der Waals surface area contributed by atoms with E-state index < -0.39 is 0 Å². The summed E-state index contributed by atoms with van der Waals surface area (Å²) in [6.07, 6.45) is 3.19. The molecule has 0 fully saturated rings. The third kappa shape index (κ3) is 6.62. The highest BCUT2D eigenvalue weighted by Gasteiger charge is 2.07. The first kappa shape index (κ1) is 22.9. The van der Waals surface area contributed by atoms with E-state index in [-0.39, 0.29) is 5.91 Å². The minimum Gasteiger partial charge on any atom is -0.493 e. The van der Waals surface area contributed by atoms with Crippen LogP contribution in [0.4, 0.5) is 0 Å². The average Bonchev–Trinajstić information content (AvgIpc) is 2.83. The number of nitrogens with one attached hydrogen (secondary N) is 1. The van der Waals surface area contributed by atoms with Crippen molar-refractivity contribution in [2.24, 2.45) is 5.10 Å². The van der Waals surface area contributed by atoms with Crippen LogP contribution in [0.2, 0.25) is 5.02 Å². The number of halogens is 1. The van der Waals surface area contributed by atoms with E-state index in [1.165, 1.54) is 6.21 Å². The summed E-state index contributed by atoms with van der Waals surface area (Å²) >= 11 is 5.91. The third-order valence-electron chi connectivity index (χ3n) is 4.36. The van der Waals surface area contributed by atoms with E-state index in [2.05, 4.69) is 17.1 Å². The second-order valence-corrected chi connectivity index (χ2v) is 7.09. The molecule has 0 saturated carbocycles. The van der Waals surface area contributed by atoms with Crippen LogP contribution >= 0.6 is 11.6 Å². The maximum Gasteiger partial charge on any atom is 0.271 e. The minimum absolute atomic E-state index is 0.327. The van der Waals surface area contributed by atoms with E-state index in [9.17, 15) is 4.79 Å². The predicted molar refractivity (Wildman–Crippen MR) is 126 cm³/mol. The van der Waals surface area contributed by atoms with Crippen LogP contribution in [0, 0.1) is 0 Å². The molecule has 7 heteroatoms. The number of hydrogen-bond donors (Lipinski definition) is 1. The van der Waals surface area contributed by atoms with E-state index in [1.54, 1.807) is 49.6 Å². The lowest BCUT2D eigenvalue weighted by atomic mass is 10.2. The van der Waals surface area contributed by atoms with Gasteiger partial charge in [0, 0.05) is 10.6 Å². The molecule has 164 valence electrons. The summed E-state index contributed by atoms with van der Waals surface area (Å²) in [4.78, 5) is 12.2. The van der Waals surface area contributed by atoms with Crippen LogP contribution in [0.3, 0.4) is 0 Å². The first-order chi connectivity index (χ1) is 15.6. The average molecular weight is 451 g/mol. The van der Waals surface area contributed by atoms with Crippen LogP contribution in [0.25, 0.3) is 0 Å². The zero-order chi connectivity index (χ0) is 22.8. The number of amides is 1. The van der Waals surface area contributed by atoms with Crippen LogP contribution in [-0.4, -0.2) is 25.8 Å². The van der Waals surface area contributed by atoms with Gasteiger partial charge in [0.05, 0.1) is 13.3 Å². The van der Waals surface area contributed by atoms with E-state index in [1.807, 2.05) is 30.3 Å². The molecule has 0 aromatic heterocycles. The first-order valence-electron chi connectivity index (χ1n) is 9.81. The fourth-order valence-corrected chi connectivity index (χ4v) is 2.84. The molecule has 3 aromatic rings. The molecule has 0 heterocycles. The van der Waals surface area contributed by atoms with Gasteiger partial charge in [0.15, 0.2) is 11.5 Å². The van der Waals surface area contributed by atoms with Crippen molar-refractivity contribution in [3.8, 4) is 17.2 Å². The quantitative estimate of drug-likeness (QED) is 0.260. The van der Waals surface area contributed by atoms with Crippen LogP contribution < -0.4 is 19.6 Å². The van der Waals surface area contributed by atoms with Gasteiger partial charge in [-0.2, -0.15) is 5.10 Å². The lowest BCUT2D eigenvalue weighted by Gasteiger charge is -2.11. The van der Waals surface area contributed by atoms with Gasteiger partial charge in [-0.25, -0.2) is 5.43 Å². The van der Waals surface area contributed by atoms with Crippen molar-refractivity contribution in [2.75, 3.05) is 13.7 Å². The molecule has 0 unspecified atom stereocenters. The number of hydrogen-bond acceptors (Lipinski definition) is 5. The van der Waals surface area contributed by atoms with E-state index in [0.717, 1.165) is 11.1 Å². The fraction of sp³-hybridized carbons (Fsp3) is 0.120. The number of benzene rings is 3. The van der Waals surface area contributed by atoms with Crippen LogP contribution in [-0.2, 0) is 6.61 Å². The van der Waals surface area contributed by atoms with Gasteiger partial charge in [0.1, 0.15) is 19.0 Å². The number of rotatable bonds is 10. The van der Waals surface area contributed by atoms with Crippen LogP contribution in [0.5, 0.6) is 17.2 Å². The van der Waals surface area contributed by atoms with Crippen molar-refractivity contribution in [2.45, 2.75) is 6.61 Å². The molecular weight excluding hydrogens is 428 g/mol. The number of methoxy groups -OCH3 is 1. The highest BCUT2D eigenvalue weighted by atomic mass is 35.5. The largest absolute Gasteiger partial charge is 0.493 e. The van der Waals surface area contributed by atoms with Gasteiger partial charge in [0.25, 0.3) is 5.91 Å². The molecule has 0 atom stereocenters. The number of ether oxygens (including phenoxy) is 3. The fourth-order valence-electron chi connectivity index (χ4n) is 2.71. The summed E-state index contributed by atoms with van der Waals surface area (Å²) in [7, 11) is 1.57. The Morgan fingerprint density at radius 2 is 1.78 bits per heavy atom. The summed E-state index contributed by atoms with van der Waals surface area (Å²) in [6.45, 7) is 4.39. The Hall–Kier alpha value is -3.77. The summed E-state index contributed by atoms with van der Waals surface area (Å²) in [5.74, 6) is 1.49. The molecule has 0 aliphatic heterocycles. The molecule has 3 aromatic carbocycles. The maximum absolute atomic E-state index is 12.2. The Morgan fingerprint density at radius 3 is 2.47 bits per heavy atom. The van der Waals surface area contributed by atoms with E-state index in [0.29, 0.717) is 41.0 Å². The molecule has 0 aliphatic carbocycles. The van der Waals surface area contributed by atoms with E-state index >= 15 is 0 Å². The van der Waals surface area contributed by atoms with Gasteiger partial charge in [-0.1, -0.05) is 36.4 Å². The van der Waals surface area contributed by atoms with Gasteiger partial charge in [-0.3, -0.25) is 4.79 Å². The lowest BCUT2D eigenvalue weighted by Crippen LogP contribution is -2.17. The summed E-state index contributed by atoms with van der Waals surface area (Å²) in [5, 5.41) is 4.70. The Morgan fingerprint density at radius 1 is 1.03 bits per heavy atom. The summed E-state index contributed by atoms with van der Waals surface area (Å²) < 4.78 is 16.7. The molecule has 1 amide bonds. The molecule has 0 spiro atoms. The van der Waals surface area contributed by atoms with Gasteiger partial charge < -0.3 is 14.2 Å². The second-order valence-electron chi connectivity index (χ2n) is 6.65. The molecule has 0 radical (unpaired) electrons. The van der Waals surface area contributed by atoms with Crippen molar-refractivity contribution in [3.63, 3.8) is 0 Å². The van der Waals surface area contributed by atoms with Crippen LogP contribution in [0.15, 0.2) is 84.5 Å². The Labute approximate surface area is 192 Å². The maximum atomic E-state index is 12.2. The number of nitrogens with zero attached hydrogens (tertiary/aromatic N) is 1. The standard InChI is InChI=1S/C25H23ClN2O4/c1-3-14-31-22-11-7-20(8-12-22)25(29)28-27-16-19-6-13-23(24(15-19)30-2)32-17-18-4-9-21(26)10-5-18/h3-13,15-16H,1,14,17H2,2H3,(H,28,29)/b27-16+. The molecule has 0 bridgehead atoms. The van der Waals surface area contributed by atoms with Gasteiger partial charge in [-0.05, 0) is 65.7 Å². The van der Waals surface area contributed by atoms with Crippen molar-refractivity contribution in [3.05, 3.63) is 101 Å². The molecule has 3 rings (SSSR count). The second kappa shape index (κ2) is 11.6. The number of hydrazone groups is 1. The van der Waals surface area contributed by atoms with Gasteiger partial charge in [-0.15, -0.1) is 0 Å². The Balaban J connectivity index is 1.57. The monoisotopic (exact) mass is 450 g/mol. The molecular formula is C25H23ClN2O4. The topological polar surface area (TPSA) is 69.2 Å². The van der Waals surface area contributed by atoms with E-state index in [4.69, 9.17) is 25.8 Å². The highest BCUT2D eigenvalue weighted by molar-refractivity contribution is 6.30. The summed E-state index contributed by atoms with van der Waals surface area (Å²) in [5.41, 5.74) is 4.71. The van der Waals surface area contributed by atoms with Crippen molar-refractivity contribution >= 4 is 23.7 Å². The Kier molecular flexibility index (Phi) is 8.29. The number of carbonyl (C=O) groups is 1. The molecule has 32 heavy (non-hydrogen) atoms. The van der Waals surface area contributed by atoms with Gasteiger partial charge in [0.2, 0.25) is 0 Å². The lowest BCUT2D eigenvalue weighted by molar-refractivity contribution is 0.0955. The zero-order valence-corrected chi connectivity index (χ0v) is 18.3. The predicted octanol–water partition coefficient (Wildman–Crippen LogP) is 5.26. The molecule has 6 nitrogen and oxygen atoms in total. The smallest absolute Gasteiger partial charge is 0.271 e. The first-order valence-corrected chi connectivity index (χ1v) is 10.2. The number of carbonyl (C=O) groups excluding carboxylic acids is 1. The minimum atomic E-state index is -0.327. The van der Waals surface area contributed by atoms with Gasteiger partial charge >= 0.3 is 0 Å². The SMILES string of the molecule is C=CCOc1ccc(C(=O)N/N=C/c2ccc(OCc3ccc(Cl)cc3)c(OC)c2)cc1. The molecule has 1 N–H and O–H groups in total. The Bertz CT molecular complexity index is 1080.